The minimum atomic E-state index is 0.799. The number of aromatic nitrogens is 2. The minimum Gasteiger partial charge on any atom is -0.369 e. The van der Waals surface area contributed by atoms with Crippen LogP contribution in [0.4, 0.5) is 5.82 Å². The Hall–Kier alpha value is -1.20. The lowest BCUT2D eigenvalue weighted by Crippen LogP contribution is -2.05. The summed E-state index contributed by atoms with van der Waals surface area (Å²) in [6.45, 7) is 6.04. The number of rotatable bonds is 7. The Labute approximate surface area is 118 Å². The van der Waals surface area contributed by atoms with E-state index in [0.717, 1.165) is 36.6 Å². The fraction of sp³-hybridized carbons (Fsp3) is 0.571. The van der Waals surface area contributed by atoms with E-state index in [1.54, 1.807) is 17.7 Å². The lowest BCUT2D eigenvalue weighted by molar-refractivity contribution is 0.661. The molecule has 0 aliphatic rings. The molecule has 104 valence electrons. The average molecular weight is 278 g/mol. The first-order chi connectivity index (χ1) is 9.24. The first-order valence-corrected chi connectivity index (χ1v) is 7.70. The molecule has 0 aliphatic carbocycles. The molecule has 19 heavy (non-hydrogen) atoms. The number of nitrogens with zero attached hydrogens (tertiary/aromatic N) is 2. The van der Waals surface area contributed by atoms with Crippen LogP contribution in [-0.4, -0.2) is 23.1 Å². The van der Waals surface area contributed by atoms with E-state index in [9.17, 15) is 0 Å². The number of thiophene rings is 1. The highest BCUT2D eigenvalue weighted by Gasteiger charge is 2.11. The van der Waals surface area contributed by atoms with Crippen molar-refractivity contribution in [1.29, 1.82) is 0 Å². The molecule has 0 spiro atoms. The normalized spacial score (nSPS) is 11.1. The molecule has 0 bridgehead atoms. The van der Waals surface area contributed by atoms with Crippen LogP contribution in [0.2, 0.25) is 0 Å². The van der Waals surface area contributed by atoms with Gasteiger partial charge in [-0.3, -0.25) is 0 Å². The number of nitrogens with one attached hydrogen (secondary N) is 1. The van der Waals surface area contributed by atoms with Gasteiger partial charge in [-0.05, 0) is 38.8 Å². The largest absolute Gasteiger partial charge is 0.369 e. The van der Waals surface area contributed by atoms with E-state index >= 15 is 0 Å². The molecule has 0 unspecified atom stereocenters. The van der Waals surface area contributed by atoms with Gasteiger partial charge >= 0.3 is 0 Å². The Morgan fingerprint density at radius 2 is 1.95 bits per heavy atom. The van der Waals surface area contributed by atoms with Crippen LogP contribution in [-0.2, 0) is 0 Å². The van der Waals surface area contributed by atoms with E-state index in [2.05, 4.69) is 29.1 Å². The van der Waals surface area contributed by atoms with Crippen molar-refractivity contribution in [3.63, 3.8) is 0 Å². The van der Waals surface area contributed by atoms with Crippen LogP contribution < -0.4 is 11.1 Å². The molecule has 2 heterocycles. The second kappa shape index (κ2) is 6.82. The number of fused-ring (bicyclic) bond motifs is 1. The zero-order chi connectivity index (χ0) is 13.7. The molecular formula is C14H22N4S. The second-order valence-corrected chi connectivity index (χ2v) is 6.02. The van der Waals surface area contributed by atoms with Crippen LogP contribution in [0.25, 0.3) is 10.2 Å². The van der Waals surface area contributed by atoms with E-state index in [1.165, 1.54) is 28.7 Å². The van der Waals surface area contributed by atoms with Gasteiger partial charge in [0.1, 0.15) is 17.0 Å². The van der Waals surface area contributed by atoms with Gasteiger partial charge in [-0.25, -0.2) is 9.97 Å². The maximum atomic E-state index is 5.48. The Bertz CT molecular complexity index is 535. The number of nitrogens with two attached hydrogens (primary N) is 1. The molecular weight excluding hydrogens is 256 g/mol. The average Bonchev–Trinajstić information content (AvgIpc) is 2.70. The summed E-state index contributed by atoms with van der Waals surface area (Å²) < 4.78 is 0. The molecule has 2 aromatic rings. The second-order valence-electron chi connectivity index (χ2n) is 4.82. The fourth-order valence-corrected chi connectivity index (χ4v) is 3.14. The summed E-state index contributed by atoms with van der Waals surface area (Å²) >= 11 is 1.74. The van der Waals surface area contributed by atoms with Gasteiger partial charge in [-0.15, -0.1) is 11.3 Å². The Kier molecular flexibility index (Phi) is 5.10. The number of hydrogen-bond donors (Lipinski definition) is 2. The highest BCUT2D eigenvalue weighted by Crippen LogP contribution is 2.32. The van der Waals surface area contributed by atoms with Crippen molar-refractivity contribution in [1.82, 2.24) is 9.97 Å². The molecule has 2 rings (SSSR count). The van der Waals surface area contributed by atoms with Gasteiger partial charge in [-0.1, -0.05) is 12.8 Å². The molecule has 0 fully saturated rings. The van der Waals surface area contributed by atoms with Crippen LogP contribution in [0.15, 0.2) is 6.33 Å². The molecule has 0 atom stereocenters. The molecule has 0 saturated heterocycles. The van der Waals surface area contributed by atoms with Crippen LogP contribution in [0.1, 0.15) is 36.1 Å². The third-order valence-electron chi connectivity index (χ3n) is 3.39. The van der Waals surface area contributed by atoms with Gasteiger partial charge in [0.15, 0.2) is 0 Å². The third kappa shape index (κ3) is 3.42. The van der Waals surface area contributed by atoms with E-state index in [1.807, 2.05) is 0 Å². The first-order valence-electron chi connectivity index (χ1n) is 6.88. The van der Waals surface area contributed by atoms with E-state index in [4.69, 9.17) is 5.73 Å². The minimum absolute atomic E-state index is 0.799. The van der Waals surface area contributed by atoms with Gasteiger partial charge < -0.3 is 11.1 Å². The molecule has 4 nitrogen and oxygen atoms in total. The highest BCUT2D eigenvalue weighted by molar-refractivity contribution is 7.18. The Morgan fingerprint density at radius 3 is 2.74 bits per heavy atom. The monoisotopic (exact) mass is 278 g/mol. The zero-order valence-corrected chi connectivity index (χ0v) is 12.5. The molecule has 0 aliphatic heterocycles. The molecule has 3 N–H and O–H groups in total. The fourth-order valence-electron chi connectivity index (χ4n) is 2.15. The Balaban J connectivity index is 1.97. The molecule has 0 aromatic carbocycles. The maximum absolute atomic E-state index is 5.48. The van der Waals surface area contributed by atoms with Crippen molar-refractivity contribution in [2.24, 2.45) is 5.73 Å². The molecule has 0 saturated carbocycles. The van der Waals surface area contributed by atoms with Crippen molar-refractivity contribution in [3.05, 3.63) is 16.8 Å². The molecule has 0 amide bonds. The predicted octanol–water partition coefficient (Wildman–Crippen LogP) is 3.24. The van der Waals surface area contributed by atoms with Crippen LogP contribution in [0.5, 0.6) is 0 Å². The van der Waals surface area contributed by atoms with Gasteiger partial charge in [0, 0.05) is 11.4 Å². The molecule has 5 heteroatoms. The number of unbranched alkanes of at least 4 members (excludes halogenated alkanes) is 3. The van der Waals surface area contributed by atoms with Crippen LogP contribution in [0.3, 0.4) is 0 Å². The number of hydrogen-bond acceptors (Lipinski definition) is 5. The van der Waals surface area contributed by atoms with E-state index in [0.29, 0.717) is 0 Å². The van der Waals surface area contributed by atoms with E-state index < -0.39 is 0 Å². The lowest BCUT2D eigenvalue weighted by atomic mass is 10.2. The summed E-state index contributed by atoms with van der Waals surface area (Å²) in [6.07, 6.45) is 6.37. The summed E-state index contributed by atoms with van der Waals surface area (Å²) in [7, 11) is 0. The SMILES string of the molecule is Cc1sc2ncnc(NCCCCCCN)c2c1C. The van der Waals surface area contributed by atoms with Crippen molar-refractivity contribution >= 4 is 27.4 Å². The van der Waals surface area contributed by atoms with Crippen molar-refractivity contribution in [2.45, 2.75) is 39.5 Å². The Morgan fingerprint density at radius 1 is 1.16 bits per heavy atom. The summed E-state index contributed by atoms with van der Waals surface area (Å²) in [5.74, 6) is 0.977. The highest BCUT2D eigenvalue weighted by atomic mass is 32.1. The van der Waals surface area contributed by atoms with Gasteiger partial charge in [0.2, 0.25) is 0 Å². The number of anilines is 1. The molecule has 2 aromatic heterocycles. The molecule has 0 radical (unpaired) electrons. The first kappa shape index (κ1) is 14.2. The topological polar surface area (TPSA) is 63.8 Å². The summed E-state index contributed by atoms with van der Waals surface area (Å²) in [5, 5.41) is 4.63. The lowest BCUT2D eigenvalue weighted by Gasteiger charge is -2.07. The summed E-state index contributed by atoms with van der Waals surface area (Å²) in [4.78, 5) is 11.1. The standard InChI is InChI=1S/C14H22N4S/c1-10-11(2)19-14-12(10)13(17-9-18-14)16-8-6-4-3-5-7-15/h9H,3-8,15H2,1-2H3,(H,16,17,18). The maximum Gasteiger partial charge on any atom is 0.138 e. The third-order valence-corrected chi connectivity index (χ3v) is 4.50. The number of aryl methyl sites for hydroxylation is 2. The zero-order valence-electron chi connectivity index (χ0n) is 11.7. The van der Waals surface area contributed by atoms with E-state index in [-0.39, 0.29) is 0 Å². The summed E-state index contributed by atoms with van der Waals surface area (Å²) in [6, 6.07) is 0. The van der Waals surface area contributed by atoms with Crippen molar-refractivity contribution in [2.75, 3.05) is 18.4 Å². The van der Waals surface area contributed by atoms with Gasteiger partial charge in [0.25, 0.3) is 0 Å². The van der Waals surface area contributed by atoms with Crippen molar-refractivity contribution < 1.29 is 0 Å². The smallest absolute Gasteiger partial charge is 0.138 e. The van der Waals surface area contributed by atoms with Crippen molar-refractivity contribution in [3.8, 4) is 0 Å². The quantitative estimate of drug-likeness (QED) is 0.763. The van der Waals surface area contributed by atoms with Gasteiger partial charge in [0.05, 0.1) is 5.39 Å². The van der Waals surface area contributed by atoms with Crippen LogP contribution >= 0.6 is 11.3 Å². The van der Waals surface area contributed by atoms with Crippen LogP contribution in [0, 0.1) is 13.8 Å². The summed E-state index contributed by atoms with van der Waals surface area (Å²) in [5.41, 5.74) is 6.78. The predicted molar refractivity (Wildman–Crippen MR) is 82.9 cm³/mol. The van der Waals surface area contributed by atoms with Gasteiger partial charge in [-0.2, -0.15) is 0 Å².